The van der Waals surface area contributed by atoms with Gasteiger partial charge in [0.05, 0.1) is 15.2 Å². The molecule has 0 saturated heterocycles. The Balaban J connectivity index is 1.91. The standard InChI is InChI=1S/C17H23N3OS2/c1-19-9-8-12-13(10-19)23-15-14(12)18-17(21)20(16(15)22-2)11-6-4-3-5-7-11/h11H,3-10H2,1-2H3. The van der Waals surface area contributed by atoms with Crippen LogP contribution in [-0.2, 0) is 13.0 Å². The third-order valence-corrected chi connectivity index (χ3v) is 7.31. The monoisotopic (exact) mass is 349 g/mol. The average Bonchev–Trinajstić information content (AvgIpc) is 2.91. The number of likely N-dealkylation sites (N-methyl/N-ethyl adjacent to an activating group) is 1. The summed E-state index contributed by atoms with van der Waals surface area (Å²) >= 11 is 3.57. The first kappa shape index (κ1) is 15.7. The lowest BCUT2D eigenvalue weighted by Gasteiger charge is -2.25. The number of hydrogen-bond acceptors (Lipinski definition) is 5. The Labute approximate surface area is 144 Å². The molecule has 0 aromatic carbocycles. The predicted octanol–water partition coefficient (Wildman–Crippen LogP) is 3.67. The van der Waals surface area contributed by atoms with Gasteiger partial charge in [-0.1, -0.05) is 19.3 Å². The molecule has 3 heterocycles. The van der Waals surface area contributed by atoms with Crippen molar-refractivity contribution in [3.05, 3.63) is 20.9 Å². The summed E-state index contributed by atoms with van der Waals surface area (Å²) in [6.45, 7) is 2.04. The number of rotatable bonds is 2. The van der Waals surface area contributed by atoms with Crippen LogP contribution in [0.4, 0.5) is 0 Å². The molecule has 2 aliphatic rings. The lowest BCUT2D eigenvalue weighted by atomic mass is 9.95. The van der Waals surface area contributed by atoms with E-state index in [1.54, 1.807) is 11.8 Å². The summed E-state index contributed by atoms with van der Waals surface area (Å²) in [6.07, 6.45) is 9.11. The number of nitrogens with zero attached hydrogens (tertiary/aromatic N) is 3. The van der Waals surface area contributed by atoms with E-state index in [4.69, 9.17) is 0 Å². The number of aromatic nitrogens is 2. The molecule has 0 spiro atoms. The minimum atomic E-state index is -0.0340. The second-order valence-corrected chi connectivity index (χ2v) is 8.63. The van der Waals surface area contributed by atoms with E-state index in [2.05, 4.69) is 23.2 Å². The highest BCUT2D eigenvalue weighted by Crippen LogP contribution is 2.40. The Morgan fingerprint density at radius 1 is 1.26 bits per heavy atom. The van der Waals surface area contributed by atoms with Crippen LogP contribution in [0.1, 0.15) is 48.6 Å². The molecule has 23 heavy (non-hydrogen) atoms. The average molecular weight is 350 g/mol. The summed E-state index contributed by atoms with van der Waals surface area (Å²) < 4.78 is 3.25. The predicted molar refractivity (Wildman–Crippen MR) is 97.8 cm³/mol. The number of fused-ring (bicyclic) bond motifs is 3. The lowest BCUT2D eigenvalue weighted by Crippen LogP contribution is -2.30. The van der Waals surface area contributed by atoms with Gasteiger partial charge < -0.3 is 4.90 Å². The van der Waals surface area contributed by atoms with Gasteiger partial charge in [-0.15, -0.1) is 23.1 Å². The van der Waals surface area contributed by atoms with Gasteiger partial charge in [-0.05, 0) is 38.1 Å². The van der Waals surface area contributed by atoms with E-state index in [-0.39, 0.29) is 5.69 Å². The van der Waals surface area contributed by atoms with E-state index in [1.807, 2.05) is 15.9 Å². The maximum atomic E-state index is 12.8. The smallest absolute Gasteiger partial charge is 0.301 e. The first-order valence-electron chi connectivity index (χ1n) is 8.48. The van der Waals surface area contributed by atoms with Crippen LogP contribution in [-0.4, -0.2) is 34.3 Å². The number of thiophene rings is 1. The summed E-state index contributed by atoms with van der Waals surface area (Å²) in [4.78, 5) is 21.1. The van der Waals surface area contributed by atoms with Crippen LogP contribution in [0.5, 0.6) is 0 Å². The van der Waals surface area contributed by atoms with Crippen molar-refractivity contribution < 1.29 is 0 Å². The van der Waals surface area contributed by atoms with Crippen molar-refractivity contribution in [2.75, 3.05) is 19.8 Å². The van der Waals surface area contributed by atoms with Crippen LogP contribution >= 0.6 is 23.1 Å². The molecular weight excluding hydrogens is 326 g/mol. The van der Waals surface area contributed by atoms with E-state index >= 15 is 0 Å². The summed E-state index contributed by atoms with van der Waals surface area (Å²) in [7, 11) is 2.16. The van der Waals surface area contributed by atoms with Gasteiger partial charge in [-0.25, -0.2) is 4.79 Å². The van der Waals surface area contributed by atoms with E-state index in [0.29, 0.717) is 6.04 Å². The molecule has 0 atom stereocenters. The molecule has 1 aliphatic carbocycles. The molecule has 6 heteroatoms. The fraction of sp³-hybridized carbons (Fsp3) is 0.647. The van der Waals surface area contributed by atoms with Gasteiger partial charge in [0.25, 0.3) is 0 Å². The van der Waals surface area contributed by atoms with E-state index in [9.17, 15) is 4.79 Å². The second kappa shape index (κ2) is 6.22. The first-order chi connectivity index (χ1) is 11.2. The zero-order valence-electron chi connectivity index (χ0n) is 13.8. The normalized spacial score (nSPS) is 20.1. The molecule has 0 N–H and O–H groups in total. The van der Waals surface area contributed by atoms with E-state index < -0.39 is 0 Å². The van der Waals surface area contributed by atoms with Gasteiger partial charge in [0.15, 0.2) is 0 Å². The van der Waals surface area contributed by atoms with Crippen molar-refractivity contribution in [1.82, 2.24) is 14.5 Å². The van der Waals surface area contributed by atoms with E-state index in [1.165, 1.54) is 34.4 Å². The van der Waals surface area contributed by atoms with Crippen LogP contribution in [0.3, 0.4) is 0 Å². The van der Waals surface area contributed by atoms with Crippen molar-refractivity contribution in [3.63, 3.8) is 0 Å². The zero-order chi connectivity index (χ0) is 16.0. The molecule has 1 saturated carbocycles. The van der Waals surface area contributed by atoms with Gasteiger partial charge in [0, 0.05) is 24.0 Å². The molecule has 4 rings (SSSR count). The first-order valence-corrected chi connectivity index (χ1v) is 10.5. The van der Waals surface area contributed by atoms with Crippen molar-refractivity contribution in [1.29, 1.82) is 0 Å². The minimum Gasteiger partial charge on any atom is -0.301 e. The third kappa shape index (κ3) is 2.65. The maximum absolute atomic E-state index is 12.8. The number of thioether (sulfide) groups is 1. The molecule has 1 fully saturated rings. The molecule has 0 unspecified atom stereocenters. The molecule has 4 nitrogen and oxygen atoms in total. The van der Waals surface area contributed by atoms with Crippen LogP contribution in [0, 0.1) is 0 Å². The molecule has 124 valence electrons. The molecule has 2 aromatic rings. The Morgan fingerprint density at radius 2 is 2.04 bits per heavy atom. The quantitative estimate of drug-likeness (QED) is 0.612. The fourth-order valence-corrected chi connectivity index (χ4v) is 6.36. The topological polar surface area (TPSA) is 38.1 Å². The molecular formula is C17H23N3OS2. The van der Waals surface area contributed by atoms with Crippen LogP contribution in [0.15, 0.2) is 9.82 Å². The summed E-state index contributed by atoms with van der Waals surface area (Å²) in [5, 5.41) is 1.15. The van der Waals surface area contributed by atoms with Crippen molar-refractivity contribution in [2.45, 2.75) is 56.1 Å². The highest BCUT2D eigenvalue weighted by Gasteiger charge is 2.26. The van der Waals surface area contributed by atoms with Crippen LogP contribution in [0.25, 0.3) is 10.2 Å². The molecule has 0 radical (unpaired) electrons. The Morgan fingerprint density at radius 3 is 2.78 bits per heavy atom. The van der Waals surface area contributed by atoms with E-state index in [0.717, 1.165) is 42.9 Å². The summed E-state index contributed by atoms with van der Waals surface area (Å²) in [5.41, 5.74) is 2.28. The van der Waals surface area contributed by atoms with Crippen LogP contribution < -0.4 is 5.69 Å². The maximum Gasteiger partial charge on any atom is 0.349 e. The van der Waals surface area contributed by atoms with Crippen LogP contribution in [0.2, 0.25) is 0 Å². The van der Waals surface area contributed by atoms with Crippen molar-refractivity contribution in [2.24, 2.45) is 0 Å². The highest BCUT2D eigenvalue weighted by molar-refractivity contribution is 7.98. The number of hydrogen-bond donors (Lipinski definition) is 0. The third-order valence-electron chi connectivity index (χ3n) is 5.18. The van der Waals surface area contributed by atoms with Gasteiger partial charge in [0.1, 0.15) is 0 Å². The molecule has 0 amide bonds. The van der Waals surface area contributed by atoms with Crippen molar-refractivity contribution in [3.8, 4) is 0 Å². The molecule has 0 bridgehead atoms. The largest absolute Gasteiger partial charge is 0.349 e. The van der Waals surface area contributed by atoms with Gasteiger partial charge in [0.2, 0.25) is 0 Å². The SMILES string of the molecule is CSc1c2sc3c(c2nc(=O)n1C1CCCCC1)CCN(C)C3. The Hall–Kier alpha value is -0.850. The highest BCUT2D eigenvalue weighted by atomic mass is 32.2. The lowest BCUT2D eigenvalue weighted by molar-refractivity contribution is 0.317. The van der Waals surface area contributed by atoms with Gasteiger partial charge in [-0.3, -0.25) is 4.57 Å². The van der Waals surface area contributed by atoms with Crippen molar-refractivity contribution >= 4 is 33.3 Å². The second-order valence-electron chi connectivity index (χ2n) is 6.73. The minimum absolute atomic E-state index is 0.0340. The fourth-order valence-electron chi connectivity index (χ4n) is 3.98. The molecule has 1 aliphatic heterocycles. The zero-order valence-corrected chi connectivity index (χ0v) is 15.4. The van der Waals surface area contributed by atoms with Gasteiger partial charge in [-0.2, -0.15) is 4.98 Å². The Kier molecular flexibility index (Phi) is 4.24. The van der Waals surface area contributed by atoms with Gasteiger partial charge >= 0.3 is 5.69 Å². The summed E-state index contributed by atoms with van der Waals surface area (Å²) in [6, 6.07) is 0.345. The summed E-state index contributed by atoms with van der Waals surface area (Å²) in [5.74, 6) is 0. The Bertz CT molecular complexity index is 789. The molecule has 2 aromatic heterocycles.